The van der Waals surface area contributed by atoms with Crippen molar-refractivity contribution in [2.45, 2.75) is 20.1 Å². The van der Waals surface area contributed by atoms with E-state index in [2.05, 4.69) is 11.8 Å². The minimum atomic E-state index is -6.00. The molecule has 1 unspecified atom stereocenters. The third-order valence-corrected chi connectivity index (χ3v) is 1.97. The molecule has 3 nitrogen and oxygen atoms in total. The molecule has 98 valence electrons. The molecule has 0 aromatic carbocycles. The Morgan fingerprint density at radius 1 is 1.25 bits per heavy atom. The van der Waals surface area contributed by atoms with E-state index < -0.39 is 7.25 Å². The fourth-order valence-electron chi connectivity index (χ4n) is 1.29. The first-order valence-corrected chi connectivity index (χ1v) is 5.15. The highest BCUT2D eigenvalue weighted by molar-refractivity contribution is 6.50. The van der Waals surface area contributed by atoms with Gasteiger partial charge in [-0.15, -0.1) is 0 Å². The number of rotatable bonds is 3. The lowest BCUT2D eigenvalue weighted by Gasteiger charge is -2.31. The van der Waals surface area contributed by atoms with Gasteiger partial charge in [-0.1, -0.05) is 0 Å². The molecule has 1 rings (SSSR count). The highest BCUT2D eigenvalue weighted by Crippen LogP contribution is 2.06. The normalized spacial score (nSPS) is 19.9. The Hall–Kier alpha value is -0.335. The number of ether oxygens (including phenoxy) is 2. The molecule has 0 aromatic heterocycles. The van der Waals surface area contributed by atoms with Crippen molar-refractivity contribution < 1.29 is 26.7 Å². The van der Waals surface area contributed by atoms with Crippen LogP contribution < -0.4 is 0 Å². The second kappa shape index (κ2) is 7.86. The molecule has 0 aromatic rings. The number of halogens is 4. The molecule has 1 heterocycles. The van der Waals surface area contributed by atoms with Gasteiger partial charge in [0.25, 0.3) is 0 Å². The number of nitrogens with zero attached hydrogens (tertiary/aromatic N) is 1. The van der Waals surface area contributed by atoms with Crippen LogP contribution in [-0.4, -0.2) is 51.3 Å². The van der Waals surface area contributed by atoms with Gasteiger partial charge in [-0.25, -0.2) is 0 Å². The van der Waals surface area contributed by atoms with E-state index in [0.29, 0.717) is 0 Å². The molecular weight excluding hydrogens is 229 g/mol. The standard InChI is InChI=1S/C8H17NO2.BF4/c1-3-11-8(2)9-4-6-10-7-5-9;2-1(3,4)5/h8H,3-7H2,1-2H3;/q;-1. The van der Waals surface area contributed by atoms with Crippen LogP contribution in [0.15, 0.2) is 0 Å². The lowest BCUT2D eigenvalue weighted by molar-refractivity contribution is -0.0831. The van der Waals surface area contributed by atoms with Gasteiger partial charge >= 0.3 is 7.25 Å². The zero-order chi connectivity index (χ0) is 12.6. The van der Waals surface area contributed by atoms with E-state index in [1.807, 2.05) is 6.92 Å². The quantitative estimate of drug-likeness (QED) is 0.561. The molecule has 0 spiro atoms. The second-order valence-electron chi connectivity index (χ2n) is 3.20. The van der Waals surface area contributed by atoms with Crippen LogP contribution in [0.1, 0.15) is 13.8 Å². The Balaban J connectivity index is 0.000000385. The molecule has 1 aliphatic heterocycles. The van der Waals surface area contributed by atoms with Crippen LogP contribution in [0, 0.1) is 0 Å². The SMILES string of the molecule is CCOC(C)N1CCOCC1.F[B-](F)(F)F. The van der Waals surface area contributed by atoms with Crippen molar-refractivity contribution in [2.75, 3.05) is 32.9 Å². The summed E-state index contributed by atoms with van der Waals surface area (Å²) in [5, 5.41) is 0. The van der Waals surface area contributed by atoms with E-state index in [1.165, 1.54) is 0 Å². The molecule has 0 N–H and O–H groups in total. The average Bonchev–Trinajstić information content (AvgIpc) is 2.17. The highest BCUT2D eigenvalue weighted by Gasteiger charge is 2.20. The summed E-state index contributed by atoms with van der Waals surface area (Å²) in [5.41, 5.74) is 0. The average molecular weight is 246 g/mol. The molecule has 1 atom stereocenters. The third-order valence-electron chi connectivity index (χ3n) is 1.97. The Morgan fingerprint density at radius 3 is 2.06 bits per heavy atom. The van der Waals surface area contributed by atoms with Crippen molar-refractivity contribution in [3.8, 4) is 0 Å². The van der Waals surface area contributed by atoms with Crippen LogP contribution in [0.4, 0.5) is 17.3 Å². The van der Waals surface area contributed by atoms with Gasteiger partial charge in [0.05, 0.1) is 13.2 Å². The van der Waals surface area contributed by atoms with Crippen LogP contribution in [-0.2, 0) is 9.47 Å². The fraction of sp³-hybridized carbons (Fsp3) is 1.00. The first-order chi connectivity index (χ1) is 7.34. The maximum Gasteiger partial charge on any atom is 0.673 e. The second-order valence-corrected chi connectivity index (χ2v) is 3.20. The molecular formula is C8H17BF4NO2-. The lowest BCUT2D eigenvalue weighted by Crippen LogP contribution is -2.43. The summed E-state index contributed by atoms with van der Waals surface area (Å²) in [6.45, 7) is 8.60. The molecule has 1 fully saturated rings. The highest BCUT2D eigenvalue weighted by atomic mass is 19.5. The summed E-state index contributed by atoms with van der Waals surface area (Å²) in [6, 6.07) is 0. The molecule has 0 saturated carbocycles. The predicted molar refractivity (Wildman–Crippen MR) is 53.7 cm³/mol. The molecule has 0 aliphatic carbocycles. The van der Waals surface area contributed by atoms with E-state index in [4.69, 9.17) is 9.47 Å². The largest absolute Gasteiger partial charge is 0.673 e. The van der Waals surface area contributed by atoms with E-state index in [9.17, 15) is 17.3 Å². The summed E-state index contributed by atoms with van der Waals surface area (Å²) in [7, 11) is -6.00. The van der Waals surface area contributed by atoms with E-state index in [0.717, 1.165) is 32.9 Å². The van der Waals surface area contributed by atoms with Crippen molar-refractivity contribution in [2.24, 2.45) is 0 Å². The topological polar surface area (TPSA) is 21.7 Å². The maximum atomic E-state index is 9.75. The molecule has 1 saturated heterocycles. The van der Waals surface area contributed by atoms with Crippen LogP contribution in [0.25, 0.3) is 0 Å². The van der Waals surface area contributed by atoms with Crippen molar-refractivity contribution in [3.05, 3.63) is 0 Å². The van der Waals surface area contributed by atoms with Gasteiger partial charge in [0.15, 0.2) is 0 Å². The van der Waals surface area contributed by atoms with Crippen molar-refractivity contribution in [3.63, 3.8) is 0 Å². The van der Waals surface area contributed by atoms with Gasteiger partial charge in [-0.3, -0.25) is 4.90 Å². The van der Waals surface area contributed by atoms with Crippen molar-refractivity contribution in [1.29, 1.82) is 0 Å². The van der Waals surface area contributed by atoms with Gasteiger partial charge < -0.3 is 26.7 Å². The van der Waals surface area contributed by atoms with Gasteiger partial charge in [-0.05, 0) is 13.8 Å². The van der Waals surface area contributed by atoms with Gasteiger partial charge in [-0.2, -0.15) is 0 Å². The first-order valence-electron chi connectivity index (χ1n) is 5.15. The van der Waals surface area contributed by atoms with Gasteiger partial charge in [0.2, 0.25) is 0 Å². The number of morpholine rings is 1. The smallest absolute Gasteiger partial charge is 0.418 e. The Kier molecular flexibility index (Phi) is 7.70. The lowest BCUT2D eigenvalue weighted by atomic mass is 10.3. The zero-order valence-electron chi connectivity index (χ0n) is 9.47. The minimum Gasteiger partial charge on any atom is -0.418 e. The Labute approximate surface area is 92.8 Å². The summed E-state index contributed by atoms with van der Waals surface area (Å²) in [5.74, 6) is 0. The first kappa shape index (κ1) is 15.7. The van der Waals surface area contributed by atoms with E-state index in [-0.39, 0.29) is 6.23 Å². The monoisotopic (exact) mass is 246 g/mol. The Morgan fingerprint density at radius 2 is 1.69 bits per heavy atom. The fourth-order valence-corrected chi connectivity index (χ4v) is 1.29. The molecule has 8 heteroatoms. The summed E-state index contributed by atoms with van der Waals surface area (Å²) >= 11 is 0. The van der Waals surface area contributed by atoms with Crippen molar-refractivity contribution >= 4 is 7.25 Å². The summed E-state index contributed by atoms with van der Waals surface area (Å²) in [6.07, 6.45) is 0.254. The number of hydrogen-bond donors (Lipinski definition) is 0. The van der Waals surface area contributed by atoms with Crippen LogP contribution >= 0.6 is 0 Å². The summed E-state index contributed by atoms with van der Waals surface area (Å²) < 4.78 is 49.7. The molecule has 0 bridgehead atoms. The molecule has 16 heavy (non-hydrogen) atoms. The number of hydrogen-bond acceptors (Lipinski definition) is 3. The zero-order valence-corrected chi connectivity index (χ0v) is 9.47. The van der Waals surface area contributed by atoms with Crippen LogP contribution in [0.2, 0.25) is 0 Å². The van der Waals surface area contributed by atoms with Gasteiger partial charge in [0, 0.05) is 19.7 Å². The Bertz CT molecular complexity index is 170. The van der Waals surface area contributed by atoms with Crippen LogP contribution in [0.3, 0.4) is 0 Å². The van der Waals surface area contributed by atoms with E-state index in [1.54, 1.807) is 0 Å². The predicted octanol–water partition coefficient (Wildman–Crippen LogP) is 2.00. The van der Waals surface area contributed by atoms with Gasteiger partial charge in [0.1, 0.15) is 6.23 Å². The minimum absolute atomic E-state index is 0.254. The summed E-state index contributed by atoms with van der Waals surface area (Å²) in [4.78, 5) is 2.30. The maximum absolute atomic E-state index is 9.75. The molecule has 0 amide bonds. The molecule has 0 radical (unpaired) electrons. The van der Waals surface area contributed by atoms with Crippen molar-refractivity contribution in [1.82, 2.24) is 4.90 Å². The van der Waals surface area contributed by atoms with Crippen LogP contribution in [0.5, 0.6) is 0 Å². The van der Waals surface area contributed by atoms with E-state index >= 15 is 0 Å². The third kappa shape index (κ3) is 10.2. The molecule has 1 aliphatic rings.